The van der Waals surface area contributed by atoms with E-state index in [2.05, 4.69) is 30.9 Å². The van der Waals surface area contributed by atoms with Gasteiger partial charge in [0, 0.05) is 24.5 Å². The molecule has 0 saturated heterocycles. The van der Waals surface area contributed by atoms with Gasteiger partial charge in [0.2, 0.25) is 5.91 Å². The second-order valence-electron chi connectivity index (χ2n) is 5.55. The molecule has 2 aromatic heterocycles. The minimum Gasteiger partial charge on any atom is -0.358 e. The van der Waals surface area contributed by atoms with Gasteiger partial charge in [0.1, 0.15) is 5.65 Å². The first-order valence-corrected chi connectivity index (χ1v) is 7.94. The summed E-state index contributed by atoms with van der Waals surface area (Å²) in [4.78, 5) is 56.9. The molecule has 3 rings (SSSR count). The summed E-state index contributed by atoms with van der Waals surface area (Å²) in [7, 11) is 1.47. The third-order valence-corrected chi connectivity index (χ3v) is 3.79. The quantitative estimate of drug-likeness (QED) is 0.429. The Hall–Kier alpha value is -3.95. The first kappa shape index (κ1) is 17.9. The Morgan fingerprint density at radius 3 is 2.74 bits per heavy atom. The first-order valence-electron chi connectivity index (χ1n) is 7.94. The summed E-state index contributed by atoms with van der Waals surface area (Å²) in [6, 6.07) is 6.21. The van der Waals surface area contributed by atoms with E-state index < -0.39 is 17.4 Å². The van der Waals surface area contributed by atoms with Gasteiger partial charge in [0.25, 0.3) is 17.4 Å². The van der Waals surface area contributed by atoms with Crippen LogP contribution in [0.2, 0.25) is 0 Å². The molecule has 3 aromatic rings. The molecule has 1 aromatic carbocycles. The Labute approximate surface area is 152 Å². The number of fused-ring (bicyclic) bond motifs is 1. The molecule has 0 aliphatic heterocycles. The van der Waals surface area contributed by atoms with E-state index in [1.807, 2.05) is 0 Å². The third-order valence-electron chi connectivity index (χ3n) is 3.79. The Morgan fingerprint density at radius 1 is 1.15 bits per heavy atom. The predicted octanol–water partition coefficient (Wildman–Crippen LogP) is -0.0207. The molecule has 5 N–H and O–H groups in total. The van der Waals surface area contributed by atoms with E-state index in [9.17, 15) is 19.2 Å². The Balaban J connectivity index is 1.77. The zero-order valence-corrected chi connectivity index (χ0v) is 14.3. The van der Waals surface area contributed by atoms with Gasteiger partial charge in [-0.1, -0.05) is 6.07 Å². The van der Waals surface area contributed by atoms with Crippen LogP contribution < -0.4 is 21.5 Å². The molecule has 10 nitrogen and oxygen atoms in total. The summed E-state index contributed by atoms with van der Waals surface area (Å²) in [5.41, 5.74) is 0.631. The van der Waals surface area contributed by atoms with E-state index in [4.69, 9.17) is 0 Å². The smallest absolute Gasteiger partial charge is 0.261 e. The number of benzene rings is 1. The number of H-pyrrole nitrogens is 2. The van der Waals surface area contributed by atoms with Crippen molar-refractivity contribution >= 4 is 34.4 Å². The fourth-order valence-corrected chi connectivity index (χ4v) is 2.44. The van der Waals surface area contributed by atoms with Crippen LogP contribution in [0.1, 0.15) is 20.7 Å². The van der Waals surface area contributed by atoms with Crippen LogP contribution in [-0.4, -0.2) is 46.3 Å². The molecule has 0 fully saturated rings. The van der Waals surface area contributed by atoms with Gasteiger partial charge in [-0.05, 0) is 18.2 Å². The lowest BCUT2D eigenvalue weighted by Gasteiger charge is -2.08. The van der Waals surface area contributed by atoms with Crippen molar-refractivity contribution in [2.24, 2.45) is 0 Å². The lowest BCUT2D eigenvalue weighted by Crippen LogP contribution is -2.35. The third kappa shape index (κ3) is 3.84. The zero-order chi connectivity index (χ0) is 19.4. The first-order chi connectivity index (χ1) is 13.0. The number of rotatable bonds is 5. The van der Waals surface area contributed by atoms with Crippen molar-refractivity contribution in [3.8, 4) is 0 Å². The highest BCUT2D eigenvalue weighted by atomic mass is 16.2. The molecular formula is C17H16N6O4. The molecule has 0 saturated carbocycles. The van der Waals surface area contributed by atoms with Crippen LogP contribution in [0.5, 0.6) is 0 Å². The Morgan fingerprint density at radius 2 is 1.96 bits per heavy atom. The summed E-state index contributed by atoms with van der Waals surface area (Å²) < 4.78 is 0. The number of likely N-dealkylation sites (N-methyl/N-ethyl adjacent to an activating group) is 1. The van der Waals surface area contributed by atoms with Crippen molar-refractivity contribution in [2.45, 2.75) is 0 Å². The monoisotopic (exact) mass is 368 g/mol. The molecule has 0 unspecified atom stereocenters. The van der Waals surface area contributed by atoms with Crippen LogP contribution in [0.4, 0.5) is 5.69 Å². The van der Waals surface area contributed by atoms with E-state index in [0.29, 0.717) is 11.3 Å². The number of nitrogens with one attached hydrogen (secondary N) is 5. The molecule has 27 heavy (non-hydrogen) atoms. The highest BCUT2D eigenvalue weighted by Crippen LogP contribution is 2.16. The SMILES string of the molecule is CNC(=O)CNC(=O)c1cccc(NC(=O)c2c[nH]c3nc[nH]c(=O)c23)c1. The van der Waals surface area contributed by atoms with Gasteiger partial charge in [-0.15, -0.1) is 0 Å². The molecule has 0 spiro atoms. The largest absolute Gasteiger partial charge is 0.358 e. The highest BCUT2D eigenvalue weighted by molar-refractivity contribution is 6.12. The van der Waals surface area contributed by atoms with Gasteiger partial charge in [-0.3, -0.25) is 19.2 Å². The number of aromatic nitrogens is 3. The number of carbonyl (C=O) groups excluding carboxylic acids is 3. The number of anilines is 1. The fraction of sp³-hybridized carbons (Fsp3) is 0.118. The zero-order valence-electron chi connectivity index (χ0n) is 14.3. The molecule has 138 valence electrons. The number of hydrogen-bond donors (Lipinski definition) is 5. The highest BCUT2D eigenvalue weighted by Gasteiger charge is 2.16. The topological polar surface area (TPSA) is 149 Å². The van der Waals surface area contributed by atoms with Crippen LogP contribution in [0.25, 0.3) is 11.0 Å². The maximum absolute atomic E-state index is 12.5. The summed E-state index contributed by atoms with van der Waals surface area (Å²) in [5, 5.41) is 7.65. The van der Waals surface area contributed by atoms with E-state index in [-0.39, 0.29) is 29.0 Å². The Bertz CT molecular complexity index is 1080. The lowest BCUT2D eigenvalue weighted by molar-refractivity contribution is -0.119. The minimum absolute atomic E-state index is 0.133. The minimum atomic E-state index is -0.525. The predicted molar refractivity (Wildman–Crippen MR) is 97.5 cm³/mol. The van der Waals surface area contributed by atoms with Crippen molar-refractivity contribution in [2.75, 3.05) is 18.9 Å². The number of amides is 3. The maximum atomic E-state index is 12.5. The van der Waals surface area contributed by atoms with E-state index in [1.54, 1.807) is 18.2 Å². The van der Waals surface area contributed by atoms with Gasteiger partial charge < -0.3 is 25.9 Å². The second-order valence-corrected chi connectivity index (χ2v) is 5.55. The molecule has 0 radical (unpaired) electrons. The van der Waals surface area contributed by atoms with Crippen molar-refractivity contribution in [3.63, 3.8) is 0 Å². The number of nitrogens with zero attached hydrogens (tertiary/aromatic N) is 1. The molecule has 3 amide bonds. The van der Waals surface area contributed by atoms with Gasteiger partial charge in [0.15, 0.2) is 0 Å². The van der Waals surface area contributed by atoms with Gasteiger partial charge in [0.05, 0.1) is 23.8 Å². The van der Waals surface area contributed by atoms with Crippen LogP contribution in [0.15, 0.2) is 41.6 Å². The Kier molecular flexibility index (Phi) is 4.97. The molecule has 0 aliphatic rings. The van der Waals surface area contributed by atoms with Crippen LogP contribution in [-0.2, 0) is 4.79 Å². The van der Waals surface area contributed by atoms with Gasteiger partial charge in [-0.25, -0.2) is 4.98 Å². The molecular weight excluding hydrogens is 352 g/mol. The van der Waals surface area contributed by atoms with E-state index >= 15 is 0 Å². The number of hydrogen-bond acceptors (Lipinski definition) is 5. The van der Waals surface area contributed by atoms with Crippen molar-refractivity contribution in [1.29, 1.82) is 0 Å². The molecule has 0 aliphatic carbocycles. The molecule has 0 atom stereocenters. The average molecular weight is 368 g/mol. The number of carbonyl (C=O) groups is 3. The van der Waals surface area contributed by atoms with Crippen LogP contribution in [0, 0.1) is 0 Å². The van der Waals surface area contributed by atoms with Crippen molar-refractivity contribution in [1.82, 2.24) is 25.6 Å². The lowest BCUT2D eigenvalue weighted by atomic mass is 10.1. The van der Waals surface area contributed by atoms with Crippen LogP contribution in [0.3, 0.4) is 0 Å². The van der Waals surface area contributed by atoms with Gasteiger partial charge in [-0.2, -0.15) is 0 Å². The van der Waals surface area contributed by atoms with E-state index in [1.165, 1.54) is 25.6 Å². The molecule has 2 heterocycles. The summed E-state index contributed by atoms with van der Waals surface area (Å²) in [6.45, 7) is -0.156. The average Bonchev–Trinajstić information content (AvgIpc) is 3.11. The summed E-state index contributed by atoms with van der Waals surface area (Å²) >= 11 is 0. The maximum Gasteiger partial charge on any atom is 0.261 e. The number of aromatic amines is 2. The normalized spacial score (nSPS) is 10.4. The van der Waals surface area contributed by atoms with Crippen molar-refractivity contribution in [3.05, 3.63) is 58.3 Å². The van der Waals surface area contributed by atoms with Crippen molar-refractivity contribution < 1.29 is 14.4 Å². The fourth-order valence-electron chi connectivity index (χ4n) is 2.44. The summed E-state index contributed by atoms with van der Waals surface area (Å²) in [6.07, 6.45) is 2.63. The standard InChI is InChI=1S/C17H16N6O4/c1-18-12(24)7-20-15(25)9-3-2-4-10(5-9)23-16(26)11-6-19-14-13(11)17(27)22-8-21-14/h2-6,8H,7H2,1H3,(H,18,24)(H,20,25)(H,23,26)(H2,19,21,22,27). The summed E-state index contributed by atoms with van der Waals surface area (Å²) in [5.74, 6) is -1.31. The molecule has 10 heteroatoms. The van der Waals surface area contributed by atoms with Gasteiger partial charge >= 0.3 is 0 Å². The van der Waals surface area contributed by atoms with Crippen LogP contribution >= 0.6 is 0 Å². The van der Waals surface area contributed by atoms with E-state index in [0.717, 1.165) is 0 Å². The second kappa shape index (κ2) is 7.52. The molecule has 0 bridgehead atoms.